The molecule has 2 aromatic heterocycles. The van der Waals surface area contributed by atoms with Crippen LogP contribution in [0.25, 0.3) is 0 Å². The summed E-state index contributed by atoms with van der Waals surface area (Å²) < 4.78 is 0. The molecule has 0 saturated carbocycles. The van der Waals surface area contributed by atoms with E-state index in [1.54, 1.807) is 18.3 Å². The Bertz CT molecular complexity index is 726. The van der Waals surface area contributed by atoms with Crippen LogP contribution in [-0.4, -0.2) is 35.0 Å². The smallest absolute Gasteiger partial charge is 0.132 e. The number of rotatable bonds is 3. The SMILES string of the molecule is Cc1cc(C2CCN(C)CC2)cc(Nc2cc(C#N)ccn2)n1. The summed E-state index contributed by atoms with van der Waals surface area (Å²) in [5.41, 5.74) is 2.93. The molecule has 5 heteroatoms. The zero-order valence-electron chi connectivity index (χ0n) is 13.6. The van der Waals surface area contributed by atoms with Crippen LogP contribution in [0.1, 0.15) is 35.6 Å². The first-order valence-corrected chi connectivity index (χ1v) is 7.94. The Morgan fingerprint density at radius 3 is 2.74 bits per heavy atom. The van der Waals surface area contributed by atoms with Gasteiger partial charge in [0.2, 0.25) is 0 Å². The maximum Gasteiger partial charge on any atom is 0.132 e. The summed E-state index contributed by atoms with van der Waals surface area (Å²) in [6, 6.07) is 9.85. The van der Waals surface area contributed by atoms with Gasteiger partial charge in [0, 0.05) is 11.9 Å². The van der Waals surface area contributed by atoms with Gasteiger partial charge < -0.3 is 10.2 Å². The van der Waals surface area contributed by atoms with Crippen LogP contribution >= 0.6 is 0 Å². The van der Waals surface area contributed by atoms with Gasteiger partial charge in [0.05, 0.1) is 11.6 Å². The van der Waals surface area contributed by atoms with Crippen molar-refractivity contribution in [2.24, 2.45) is 0 Å². The van der Waals surface area contributed by atoms with Gasteiger partial charge in [0.1, 0.15) is 11.6 Å². The van der Waals surface area contributed by atoms with Crippen molar-refractivity contribution in [2.45, 2.75) is 25.7 Å². The monoisotopic (exact) mass is 307 g/mol. The molecule has 118 valence electrons. The summed E-state index contributed by atoms with van der Waals surface area (Å²) in [6.45, 7) is 4.30. The molecular weight excluding hydrogens is 286 g/mol. The highest BCUT2D eigenvalue weighted by molar-refractivity contribution is 5.55. The minimum Gasteiger partial charge on any atom is -0.325 e. The highest BCUT2D eigenvalue weighted by atomic mass is 15.1. The minimum atomic E-state index is 0.589. The summed E-state index contributed by atoms with van der Waals surface area (Å²) in [4.78, 5) is 11.2. The largest absolute Gasteiger partial charge is 0.325 e. The number of aromatic nitrogens is 2. The molecule has 0 radical (unpaired) electrons. The van der Waals surface area contributed by atoms with Crippen LogP contribution < -0.4 is 5.32 Å². The van der Waals surface area contributed by atoms with E-state index in [0.29, 0.717) is 17.3 Å². The quantitative estimate of drug-likeness (QED) is 0.943. The molecule has 0 aliphatic carbocycles. The summed E-state index contributed by atoms with van der Waals surface area (Å²) in [6.07, 6.45) is 4.00. The molecule has 3 heterocycles. The predicted molar refractivity (Wildman–Crippen MR) is 90.7 cm³/mol. The number of hydrogen-bond donors (Lipinski definition) is 1. The molecule has 0 aromatic carbocycles. The van der Waals surface area contributed by atoms with E-state index in [0.717, 1.165) is 24.6 Å². The number of nitrogens with zero attached hydrogens (tertiary/aromatic N) is 4. The van der Waals surface area contributed by atoms with E-state index < -0.39 is 0 Å². The fourth-order valence-electron chi connectivity index (χ4n) is 3.04. The van der Waals surface area contributed by atoms with Gasteiger partial charge in [-0.05, 0) is 75.6 Å². The Kier molecular flexibility index (Phi) is 4.54. The fraction of sp³-hybridized carbons (Fsp3) is 0.389. The zero-order valence-corrected chi connectivity index (χ0v) is 13.6. The van der Waals surface area contributed by atoms with Crippen LogP contribution in [0, 0.1) is 18.3 Å². The first-order chi connectivity index (χ1) is 11.1. The number of nitriles is 1. The average Bonchev–Trinajstić information content (AvgIpc) is 2.55. The minimum absolute atomic E-state index is 0.589. The third kappa shape index (κ3) is 3.85. The summed E-state index contributed by atoms with van der Waals surface area (Å²) >= 11 is 0. The van der Waals surface area contributed by atoms with Crippen LogP contribution in [0.5, 0.6) is 0 Å². The highest BCUT2D eigenvalue weighted by Crippen LogP contribution is 2.29. The van der Waals surface area contributed by atoms with E-state index in [2.05, 4.69) is 45.4 Å². The standard InChI is InChI=1S/C18H21N5/c1-13-9-16(15-4-7-23(2)8-5-15)11-18(21-13)22-17-10-14(12-19)3-6-20-17/h3,6,9-11,15H,4-5,7-8H2,1-2H3,(H,20,21,22). The number of nitrogens with one attached hydrogen (secondary N) is 1. The Morgan fingerprint density at radius 2 is 2.00 bits per heavy atom. The molecule has 5 nitrogen and oxygen atoms in total. The third-order valence-corrected chi connectivity index (χ3v) is 4.31. The Labute approximate surface area is 137 Å². The molecule has 23 heavy (non-hydrogen) atoms. The zero-order chi connectivity index (χ0) is 16.2. The second-order valence-corrected chi connectivity index (χ2v) is 6.17. The van der Waals surface area contributed by atoms with Crippen LogP contribution in [0.15, 0.2) is 30.5 Å². The lowest BCUT2D eigenvalue weighted by molar-refractivity contribution is 0.255. The second kappa shape index (κ2) is 6.76. The molecule has 3 rings (SSSR count). The molecular formula is C18H21N5. The Hall–Kier alpha value is -2.45. The van der Waals surface area contributed by atoms with Gasteiger partial charge in [-0.1, -0.05) is 0 Å². The molecule has 1 N–H and O–H groups in total. The Balaban J connectivity index is 1.81. The van der Waals surface area contributed by atoms with E-state index in [4.69, 9.17) is 5.26 Å². The van der Waals surface area contributed by atoms with Crippen LogP contribution in [-0.2, 0) is 0 Å². The summed E-state index contributed by atoms with van der Waals surface area (Å²) in [5, 5.41) is 12.2. The maximum atomic E-state index is 8.98. The van der Waals surface area contributed by atoms with Crippen molar-refractivity contribution in [3.05, 3.63) is 47.3 Å². The lowest BCUT2D eigenvalue weighted by atomic mass is 9.89. The van der Waals surface area contributed by atoms with E-state index in [9.17, 15) is 0 Å². The van der Waals surface area contributed by atoms with Crippen LogP contribution in [0.2, 0.25) is 0 Å². The summed E-state index contributed by atoms with van der Waals surface area (Å²) in [5.74, 6) is 2.03. The molecule has 2 aromatic rings. The number of aryl methyl sites for hydroxylation is 1. The Morgan fingerprint density at radius 1 is 1.22 bits per heavy atom. The number of anilines is 2. The number of pyridine rings is 2. The van der Waals surface area contributed by atoms with Crippen molar-refractivity contribution >= 4 is 11.6 Å². The molecule has 0 unspecified atom stereocenters. The first-order valence-electron chi connectivity index (χ1n) is 7.94. The molecule has 1 saturated heterocycles. The van der Waals surface area contributed by atoms with Gasteiger partial charge in [0.25, 0.3) is 0 Å². The number of piperidine rings is 1. The van der Waals surface area contributed by atoms with Gasteiger partial charge in [0.15, 0.2) is 0 Å². The van der Waals surface area contributed by atoms with Gasteiger partial charge in [-0.3, -0.25) is 0 Å². The molecule has 1 aliphatic rings. The van der Waals surface area contributed by atoms with E-state index in [-0.39, 0.29) is 0 Å². The topological polar surface area (TPSA) is 64.8 Å². The third-order valence-electron chi connectivity index (χ3n) is 4.31. The van der Waals surface area contributed by atoms with Crippen LogP contribution in [0.4, 0.5) is 11.6 Å². The van der Waals surface area contributed by atoms with Gasteiger partial charge in [-0.15, -0.1) is 0 Å². The van der Waals surface area contributed by atoms with E-state index in [1.165, 1.54) is 18.4 Å². The first kappa shape index (κ1) is 15.4. The molecule has 0 atom stereocenters. The van der Waals surface area contributed by atoms with Crippen LogP contribution in [0.3, 0.4) is 0 Å². The number of likely N-dealkylation sites (tertiary alicyclic amines) is 1. The van der Waals surface area contributed by atoms with Crippen molar-refractivity contribution in [1.29, 1.82) is 5.26 Å². The molecule has 0 amide bonds. The second-order valence-electron chi connectivity index (χ2n) is 6.17. The van der Waals surface area contributed by atoms with Crippen molar-refractivity contribution in [1.82, 2.24) is 14.9 Å². The van der Waals surface area contributed by atoms with Gasteiger partial charge in [-0.25, -0.2) is 9.97 Å². The molecule has 1 aliphatic heterocycles. The van der Waals surface area contributed by atoms with Crippen molar-refractivity contribution in [2.75, 3.05) is 25.5 Å². The maximum absolute atomic E-state index is 8.98. The molecule has 0 bridgehead atoms. The molecule has 0 spiro atoms. The summed E-state index contributed by atoms with van der Waals surface area (Å²) in [7, 11) is 2.18. The highest BCUT2D eigenvalue weighted by Gasteiger charge is 2.19. The lowest BCUT2D eigenvalue weighted by Crippen LogP contribution is -2.29. The van der Waals surface area contributed by atoms with Gasteiger partial charge >= 0.3 is 0 Å². The normalized spacial score (nSPS) is 16.0. The van der Waals surface area contributed by atoms with E-state index in [1.807, 2.05) is 6.92 Å². The van der Waals surface area contributed by atoms with Crippen molar-refractivity contribution in [3.8, 4) is 6.07 Å². The van der Waals surface area contributed by atoms with Crippen molar-refractivity contribution < 1.29 is 0 Å². The lowest BCUT2D eigenvalue weighted by Gasteiger charge is -2.29. The fourth-order valence-corrected chi connectivity index (χ4v) is 3.04. The van der Waals surface area contributed by atoms with E-state index >= 15 is 0 Å². The average molecular weight is 307 g/mol. The van der Waals surface area contributed by atoms with Gasteiger partial charge in [-0.2, -0.15) is 5.26 Å². The van der Waals surface area contributed by atoms with Crippen molar-refractivity contribution in [3.63, 3.8) is 0 Å². The number of hydrogen-bond acceptors (Lipinski definition) is 5. The predicted octanol–water partition coefficient (Wildman–Crippen LogP) is 3.21. The molecule has 1 fully saturated rings.